The van der Waals surface area contributed by atoms with E-state index in [4.69, 9.17) is 0 Å². The van der Waals surface area contributed by atoms with Gasteiger partial charge < -0.3 is 15.6 Å². The van der Waals surface area contributed by atoms with Crippen molar-refractivity contribution >= 4 is 12.4 Å². The Hall–Kier alpha value is -0.510. The maximum Gasteiger partial charge on any atom is 0.00772 e. The van der Waals surface area contributed by atoms with Gasteiger partial charge in [-0.3, -0.25) is 0 Å². The number of hydrogen-bond acceptors (Lipinski definition) is 2. The van der Waals surface area contributed by atoms with E-state index >= 15 is 0 Å². The summed E-state index contributed by atoms with van der Waals surface area (Å²) < 4.78 is 0. The summed E-state index contributed by atoms with van der Waals surface area (Å²) in [5.74, 6) is 0. The number of piperazine rings is 1. The molecule has 0 radical (unpaired) electrons. The minimum absolute atomic E-state index is 0. The van der Waals surface area contributed by atoms with Crippen LogP contribution in [-0.4, -0.2) is 31.2 Å². The highest BCUT2D eigenvalue weighted by Gasteiger charge is 1.91. The van der Waals surface area contributed by atoms with Crippen LogP contribution in [0.4, 0.5) is 0 Å². The topological polar surface area (TPSA) is 39.8 Å². The largest absolute Gasteiger partial charge is 0.368 e. The van der Waals surface area contributed by atoms with Crippen LogP contribution in [0.5, 0.6) is 0 Å². The van der Waals surface area contributed by atoms with Gasteiger partial charge in [0.2, 0.25) is 0 Å². The maximum absolute atomic E-state index is 3.22. The number of aromatic nitrogens is 1. The van der Waals surface area contributed by atoms with Gasteiger partial charge in [-0.25, -0.2) is 0 Å². The van der Waals surface area contributed by atoms with E-state index in [1.54, 1.807) is 0 Å². The minimum Gasteiger partial charge on any atom is -0.368 e. The Balaban J connectivity index is 0.000000189. The van der Waals surface area contributed by atoms with E-state index in [0.29, 0.717) is 0 Å². The molecule has 12 heavy (non-hydrogen) atoms. The molecule has 0 atom stereocenters. The first-order chi connectivity index (χ1) is 5.50. The molecule has 0 aliphatic carbocycles. The van der Waals surface area contributed by atoms with Crippen LogP contribution in [0.1, 0.15) is 0 Å². The van der Waals surface area contributed by atoms with Crippen molar-refractivity contribution in [2.75, 3.05) is 26.2 Å². The molecule has 1 saturated heterocycles. The third-order valence-electron chi connectivity index (χ3n) is 1.45. The molecule has 1 aliphatic heterocycles. The van der Waals surface area contributed by atoms with Gasteiger partial charge in [0.05, 0.1) is 0 Å². The van der Waals surface area contributed by atoms with Crippen LogP contribution in [0, 0.1) is 0 Å². The molecular weight excluding hydrogens is 174 g/mol. The fourth-order valence-corrected chi connectivity index (χ4v) is 0.881. The van der Waals surface area contributed by atoms with Gasteiger partial charge in [-0.1, -0.05) is 0 Å². The molecule has 3 nitrogen and oxygen atoms in total. The third kappa shape index (κ3) is 6.22. The maximum atomic E-state index is 3.22. The smallest absolute Gasteiger partial charge is 0.00772 e. The number of aromatic amines is 1. The average molecular weight is 190 g/mol. The fourth-order valence-electron chi connectivity index (χ4n) is 0.881. The summed E-state index contributed by atoms with van der Waals surface area (Å²) in [4.78, 5) is 2.86. The number of halogens is 1. The number of rotatable bonds is 0. The van der Waals surface area contributed by atoms with E-state index in [1.165, 1.54) is 0 Å². The Bertz CT molecular complexity index is 121. The second kappa shape index (κ2) is 8.59. The summed E-state index contributed by atoms with van der Waals surface area (Å²) in [6.45, 7) is 4.56. The summed E-state index contributed by atoms with van der Waals surface area (Å²) in [7, 11) is 0. The summed E-state index contributed by atoms with van der Waals surface area (Å²) in [5.41, 5.74) is 0. The lowest BCUT2D eigenvalue weighted by Crippen LogP contribution is -2.39. The molecule has 70 valence electrons. The first-order valence-electron chi connectivity index (χ1n) is 3.99. The highest BCUT2D eigenvalue weighted by Crippen LogP contribution is 1.72. The van der Waals surface area contributed by atoms with Gasteiger partial charge in [0, 0.05) is 38.6 Å². The number of H-pyrrole nitrogens is 1. The first kappa shape index (κ1) is 11.5. The monoisotopic (exact) mass is 189 g/mol. The van der Waals surface area contributed by atoms with Gasteiger partial charge >= 0.3 is 0 Å². The molecule has 3 N–H and O–H groups in total. The molecule has 0 saturated carbocycles. The van der Waals surface area contributed by atoms with Crippen LogP contribution in [0.3, 0.4) is 0 Å². The number of hydrogen-bond donors (Lipinski definition) is 3. The van der Waals surface area contributed by atoms with Crippen LogP contribution in [0.15, 0.2) is 24.5 Å². The fraction of sp³-hybridized carbons (Fsp3) is 0.500. The molecule has 0 amide bonds. The van der Waals surface area contributed by atoms with E-state index in [2.05, 4.69) is 15.6 Å². The molecule has 2 rings (SSSR count). The van der Waals surface area contributed by atoms with Crippen molar-refractivity contribution in [3.05, 3.63) is 24.5 Å². The molecule has 0 unspecified atom stereocenters. The molecule has 1 aliphatic rings. The zero-order valence-electron chi connectivity index (χ0n) is 7.05. The standard InChI is InChI=1S/C4H10N2.C4H5N.ClH/c1-2-6-4-3-5-1;1-2-4-5-3-1;/h5-6H,1-4H2;1-5H;1H. The lowest BCUT2D eigenvalue weighted by atomic mass is 10.4. The molecule has 1 aromatic rings. The Labute approximate surface area is 79.4 Å². The van der Waals surface area contributed by atoms with Crippen LogP contribution >= 0.6 is 12.4 Å². The highest BCUT2D eigenvalue weighted by atomic mass is 35.5. The van der Waals surface area contributed by atoms with Crippen molar-refractivity contribution in [3.63, 3.8) is 0 Å². The highest BCUT2D eigenvalue weighted by molar-refractivity contribution is 5.85. The van der Waals surface area contributed by atoms with Crippen LogP contribution in [0.2, 0.25) is 0 Å². The Morgan fingerprint density at radius 3 is 1.33 bits per heavy atom. The van der Waals surface area contributed by atoms with E-state index in [-0.39, 0.29) is 12.4 Å². The van der Waals surface area contributed by atoms with E-state index in [1.807, 2.05) is 24.5 Å². The van der Waals surface area contributed by atoms with Crippen molar-refractivity contribution in [3.8, 4) is 0 Å². The summed E-state index contributed by atoms with van der Waals surface area (Å²) in [6, 6.07) is 3.89. The van der Waals surface area contributed by atoms with Crippen molar-refractivity contribution in [2.45, 2.75) is 0 Å². The Kier molecular flexibility index (Phi) is 8.22. The van der Waals surface area contributed by atoms with Gasteiger partial charge in [-0.15, -0.1) is 12.4 Å². The van der Waals surface area contributed by atoms with Gasteiger partial charge in [0.1, 0.15) is 0 Å². The predicted molar refractivity (Wildman–Crippen MR) is 53.8 cm³/mol. The number of nitrogens with one attached hydrogen (secondary N) is 3. The van der Waals surface area contributed by atoms with E-state index in [0.717, 1.165) is 26.2 Å². The third-order valence-corrected chi connectivity index (χ3v) is 1.45. The van der Waals surface area contributed by atoms with Crippen molar-refractivity contribution in [1.29, 1.82) is 0 Å². The minimum atomic E-state index is 0. The Morgan fingerprint density at radius 1 is 0.750 bits per heavy atom. The zero-order valence-corrected chi connectivity index (χ0v) is 7.86. The van der Waals surface area contributed by atoms with Gasteiger partial charge in [0.15, 0.2) is 0 Å². The van der Waals surface area contributed by atoms with Gasteiger partial charge in [0.25, 0.3) is 0 Å². The normalized spacial score (nSPS) is 15.3. The van der Waals surface area contributed by atoms with Crippen LogP contribution in [-0.2, 0) is 0 Å². The quantitative estimate of drug-likeness (QED) is 0.560. The van der Waals surface area contributed by atoms with Crippen LogP contribution in [0.25, 0.3) is 0 Å². The Morgan fingerprint density at radius 2 is 1.17 bits per heavy atom. The lowest BCUT2D eigenvalue weighted by Gasteiger charge is -2.11. The lowest BCUT2D eigenvalue weighted by molar-refractivity contribution is 0.534. The second-order valence-corrected chi connectivity index (χ2v) is 2.38. The van der Waals surface area contributed by atoms with Crippen molar-refractivity contribution in [2.24, 2.45) is 0 Å². The van der Waals surface area contributed by atoms with E-state index in [9.17, 15) is 0 Å². The summed E-state index contributed by atoms with van der Waals surface area (Å²) >= 11 is 0. The van der Waals surface area contributed by atoms with Gasteiger partial charge in [-0.05, 0) is 12.1 Å². The summed E-state index contributed by atoms with van der Waals surface area (Å²) in [5, 5.41) is 6.44. The summed E-state index contributed by atoms with van der Waals surface area (Å²) in [6.07, 6.45) is 3.75. The van der Waals surface area contributed by atoms with Crippen LogP contribution < -0.4 is 10.6 Å². The molecular formula is C8H16ClN3. The van der Waals surface area contributed by atoms with Crippen molar-refractivity contribution in [1.82, 2.24) is 15.6 Å². The van der Waals surface area contributed by atoms with Gasteiger partial charge in [-0.2, -0.15) is 0 Å². The first-order valence-corrected chi connectivity index (χ1v) is 3.99. The molecule has 0 aromatic carbocycles. The molecule has 1 fully saturated rings. The average Bonchev–Trinajstić information content (AvgIpc) is 2.64. The predicted octanol–water partition coefficient (Wildman–Crippen LogP) is 0.616. The zero-order chi connectivity index (χ0) is 7.78. The molecule has 0 spiro atoms. The molecule has 0 bridgehead atoms. The van der Waals surface area contributed by atoms with Crippen molar-refractivity contribution < 1.29 is 0 Å². The van der Waals surface area contributed by atoms with E-state index < -0.39 is 0 Å². The molecule has 2 heterocycles. The molecule has 4 heteroatoms. The SMILES string of the molecule is C1CNCCN1.Cl.c1cc[nH]c1. The molecule has 1 aromatic heterocycles. The second-order valence-electron chi connectivity index (χ2n) is 2.38.